The molecule has 1 heterocycles. The average molecular weight is 235 g/mol. The van der Waals surface area contributed by atoms with Crippen molar-refractivity contribution in [3.05, 3.63) is 30.0 Å². The number of aromatic hydroxyl groups is 1. The minimum Gasteiger partial charge on any atom is -0.508 e. The molecule has 6 heteroatoms. The first-order valence-electron chi connectivity index (χ1n) is 4.69. The highest BCUT2D eigenvalue weighted by atomic mass is 16.5. The largest absolute Gasteiger partial charge is 0.508 e. The van der Waals surface area contributed by atoms with Gasteiger partial charge < -0.3 is 19.5 Å². The Hall–Kier alpha value is -2.50. The molecule has 0 radical (unpaired) electrons. The molecule has 17 heavy (non-hydrogen) atoms. The van der Waals surface area contributed by atoms with Crippen LogP contribution in [0.2, 0.25) is 0 Å². The molecule has 0 aliphatic carbocycles. The van der Waals surface area contributed by atoms with Gasteiger partial charge in [-0.1, -0.05) is 5.16 Å². The Balaban J connectivity index is 2.51. The van der Waals surface area contributed by atoms with Crippen LogP contribution < -0.4 is 4.74 Å². The number of aromatic carboxylic acids is 1. The van der Waals surface area contributed by atoms with Crippen molar-refractivity contribution in [2.75, 3.05) is 7.11 Å². The first kappa shape index (κ1) is 11.0. The SMILES string of the molecule is COc1ccc(O)cc1-c1cc(C(=O)O)on1. The van der Waals surface area contributed by atoms with Crippen LogP contribution in [0.4, 0.5) is 0 Å². The number of carbonyl (C=O) groups is 1. The van der Waals surface area contributed by atoms with Crippen LogP contribution in [0.5, 0.6) is 11.5 Å². The number of carboxylic acids is 1. The highest BCUT2D eigenvalue weighted by molar-refractivity contribution is 5.86. The van der Waals surface area contributed by atoms with Gasteiger partial charge in [0.05, 0.1) is 7.11 Å². The summed E-state index contributed by atoms with van der Waals surface area (Å²) in [5.41, 5.74) is 0.749. The normalized spacial score (nSPS) is 10.2. The van der Waals surface area contributed by atoms with Gasteiger partial charge in [0.15, 0.2) is 0 Å². The van der Waals surface area contributed by atoms with Crippen molar-refractivity contribution in [2.24, 2.45) is 0 Å². The summed E-state index contributed by atoms with van der Waals surface area (Å²) < 4.78 is 9.72. The van der Waals surface area contributed by atoms with Crippen LogP contribution in [0.25, 0.3) is 11.3 Å². The van der Waals surface area contributed by atoms with Crippen LogP contribution in [0, 0.1) is 0 Å². The molecule has 0 saturated carbocycles. The highest BCUT2D eigenvalue weighted by Crippen LogP contribution is 2.32. The summed E-state index contributed by atoms with van der Waals surface area (Å²) in [6, 6.07) is 5.70. The third-order valence-corrected chi connectivity index (χ3v) is 2.18. The fraction of sp³-hybridized carbons (Fsp3) is 0.0909. The third-order valence-electron chi connectivity index (χ3n) is 2.18. The molecule has 0 aliphatic heterocycles. The average Bonchev–Trinajstić information content (AvgIpc) is 2.78. The molecule has 0 bridgehead atoms. The van der Waals surface area contributed by atoms with Crippen molar-refractivity contribution in [3.8, 4) is 22.8 Å². The Morgan fingerprint density at radius 2 is 2.18 bits per heavy atom. The predicted molar refractivity (Wildman–Crippen MR) is 57.1 cm³/mol. The fourth-order valence-corrected chi connectivity index (χ4v) is 1.40. The maximum absolute atomic E-state index is 10.7. The van der Waals surface area contributed by atoms with Crippen molar-refractivity contribution >= 4 is 5.97 Å². The molecule has 0 unspecified atom stereocenters. The molecule has 6 nitrogen and oxygen atoms in total. The number of aromatic nitrogens is 1. The molecule has 2 aromatic rings. The summed E-state index contributed by atoms with van der Waals surface area (Å²) in [5, 5.41) is 21.7. The Labute approximate surface area is 96.0 Å². The Bertz CT molecular complexity index is 561. The van der Waals surface area contributed by atoms with Gasteiger partial charge in [0.1, 0.15) is 17.2 Å². The van der Waals surface area contributed by atoms with E-state index in [0.717, 1.165) is 0 Å². The smallest absolute Gasteiger partial charge is 0.374 e. The van der Waals surface area contributed by atoms with E-state index in [-0.39, 0.29) is 17.2 Å². The maximum atomic E-state index is 10.7. The van der Waals surface area contributed by atoms with Gasteiger partial charge in [-0.25, -0.2) is 4.79 Å². The van der Waals surface area contributed by atoms with Crippen molar-refractivity contribution in [1.82, 2.24) is 5.16 Å². The summed E-state index contributed by atoms with van der Waals surface area (Å²) in [4.78, 5) is 10.7. The second-order valence-electron chi connectivity index (χ2n) is 3.27. The van der Waals surface area contributed by atoms with Crippen LogP contribution in [-0.4, -0.2) is 28.4 Å². The second-order valence-corrected chi connectivity index (χ2v) is 3.27. The van der Waals surface area contributed by atoms with Gasteiger partial charge in [-0.3, -0.25) is 0 Å². The first-order valence-corrected chi connectivity index (χ1v) is 4.69. The molecule has 1 aromatic heterocycles. The van der Waals surface area contributed by atoms with E-state index in [2.05, 4.69) is 9.68 Å². The van der Waals surface area contributed by atoms with Crippen LogP contribution in [0.3, 0.4) is 0 Å². The third kappa shape index (κ3) is 2.05. The lowest BCUT2D eigenvalue weighted by atomic mass is 10.1. The molecule has 0 fully saturated rings. The lowest BCUT2D eigenvalue weighted by molar-refractivity contribution is 0.0652. The second kappa shape index (κ2) is 4.17. The number of carboxylic acid groups (broad SMARTS) is 1. The van der Waals surface area contributed by atoms with E-state index in [1.807, 2.05) is 0 Å². The molecule has 0 atom stereocenters. The van der Waals surface area contributed by atoms with Gasteiger partial charge >= 0.3 is 5.97 Å². The van der Waals surface area contributed by atoms with E-state index in [9.17, 15) is 9.90 Å². The number of hydrogen-bond donors (Lipinski definition) is 2. The Morgan fingerprint density at radius 3 is 2.76 bits per heavy atom. The molecule has 0 amide bonds. The fourth-order valence-electron chi connectivity index (χ4n) is 1.40. The number of methoxy groups -OCH3 is 1. The standard InChI is InChI=1S/C11H9NO5/c1-16-9-3-2-6(13)4-7(9)8-5-10(11(14)15)17-12-8/h2-5,13H,1H3,(H,14,15). The zero-order valence-corrected chi connectivity index (χ0v) is 8.88. The summed E-state index contributed by atoms with van der Waals surface area (Å²) >= 11 is 0. The molecule has 88 valence electrons. The Kier molecular flexibility index (Phi) is 2.70. The number of phenolic OH excluding ortho intramolecular Hbond substituents is 1. The van der Waals surface area contributed by atoms with E-state index in [1.54, 1.807) is 6.07 Å². The van der Waals surface area contributed by atoms with Gasteiger partial charge in [0.2, 0.25) is 5.76 Å². The number of nitrogens with zero attached hydrogens (tertiary/aromatic N) is 1. The van der Waals surface area contributed by atoms with E-state index in [4.69, 9.17) is 9.84 Å². The predicted octanol–water partition coefficient (Wildman–Crippen LogP) is 1.75. The summed E-state index contributed by atoms with van der Waals surface area (Å²) in [7, 11) is 1.47. The minimum atomic E-state index is -1.21. The maximum Gasteiger partial charge on any atom is 0.374 e. The monoisotopic (exact) mass is 235 g/mol. The summed E-state index contributed by atoms with van der Waals surface area (Å²) in [6.45, 7) is 0. The van der Waals surface area contributed by atoms with E-state index in [0.29, 0.717) is 11.3 Å². The van der Waals surface area contributed by atoms with Crippen molar-refractivity contribution < 1.29 is 24.3 Å². The minimum absolute atomic E-state index is 0.0284. The Morgan fingerprint density at radius 1 is 1.41 bits per heavy atom. The number of ether oxygens (including phenoxy) is 1. The van der Waals surface area contributed by atoms with Crippen molar-refractivity contribution in [1.29, 1.82) is 0 Å². The number of benzene rings is 1. The zero-order valence-electron chi connectivity index (χ0n) is 8.88. The quantitative estimate of drug-likeness (QED) is 0.841. The van der Waals surface area contributed by atoms with Gasteiger partial charge in [-0.05, 0) is 18.2 Å². The van der Waals surface area contributed by atoms with Gasteiger partial charge in [-0.2, -0.15) is 0 Å². The van der Waals surface area contributed by atoms with Crippen LogP contribution in [0.1, 0.15) is 10.6 Å². The molecule has 2 rings (SSSR count). The topological polar surface area (TPSA) is 92.8 Å². The lowest BCUT2D eigenvalue weighted by Gasteiger charge is -2.05. The van der Waals surface area contributed by atoms with Crippen molar-refractivity contribution in [3.63, 3.8) is 0 Å². The summed E-state index contributed by atoms with van der Waals surface area (Å²) in [6.07, 6.45) is 0. The van der Waals surface area contributed by atoms with E-state index in [1.165, 1.54) is 25.3 Å². The molecular weight excluding hydrogens is 226 g/mol. The van der Waals surface area contributed by atoms with Crippen LogP contribution >= 0.6 is 0 Å². The van der Waals surface area contributed by atoms with Gasteiger partial charge in [0.25, 0.3) is 0 Å². The molecule has 0 spiro atoms. The number of phenols is 1. The lowest BCUT2D eigenvalue weighted by Crippen LogP contribution is -1.91. The zero-order chi connectivity index (χ0) is 12.4. The number of hydrogen-bond acceptors (Lipinski definition) is 5. The molecule has 0 saturated heterocycles. The van der Waals surface area contributed by atoms with Crippen LogP contribution in [-0.2, 0) is 0 Å². The van der Waals surface area contributed by atoms with Gasteiger partial charge in [0, 0.05) is 11.6 Å². The van der Waals surface area contributed by atoms with E-state index < -0.39 is 5.97 Å². The van der Waals surface area contributed by atoms with Crippen LogP contribution in [0.15, 0.2) is 28.8 Å². The van der Waals surface area contributed by atoms with E-state index >= 15 is 0 Å². The van der Waals surface area contributed by atoms with Gasteiger partial charge in [-0.15, -0.1) is 0 Å². The summed E-state index contributed by atoms with van der Waals surface area (Å²) in [5.74, 6) is -0.984. The molecule has 1 aromatic carbocycles. The van der Waals surface area contributed by atoms with Crippen molar-refractivity contribution in [2.45, 2.75) is 0 Å². The molecular formula is C11H9NO5. The highest BCUT2D eigenvalue weighted by Gasteiger charge is 2.15. The first-order chi connectivity index (χ1) is 8.11. The molecule has 2 N–H and O–H groups in total. The number of rotatable bonds is 3. The molecule has 0 aliphatic rings.